The van der Waals surface area contributed by atoms with Gasteiger partial charge in [-0.25, -0.2) is 0 Å². The number of carbonyl (C=O) groups is 1. The molecule has 2 rings (SSSR count). The van der Waals surface area contributed by atoms with Crippen molar-refractivity contribution in [3.8, 4) is 5.75 Å². The summed E-state index contributed by atoms with van der Waals surface area (Å²) in [6.07, 6.45) is 1.36. The molecule has 1 aromatic heterocycles. The Hall–Kier alpha value is -2.60. The van der Waals surface area contributed by atoms with E-state index >= 15 is 0 Å². The van der Waals surface area contributed by atoms with Crippen LogP contribution in [0.2, 0.25) is 0 Å². The van der Waals surface area contributed by atoms with E-state index in [-0.39, 0.29) is 11.5 Å². The Balaban J connectivity index is 2.23. The van der Waals surface area contributed by atoms with E-state index in [0.717, 1.165) is 5.56 Å². The van der Waals surface area contributed by atoms with Crippen molar-refractivity contribution < 1.29 is 9.53 Å². The van der Waals surface area contributed by atoms with Crippen molar-refractivity contribution in [1.82, 2.24) is 4.98 Å². The SMILES string of the molecule is COc1cc(CN)ccc1NC(=O)c1ccc(=O)[nH]c1. The molecule has 1 heterocycles. The number of methoxy groups -OCH3 is 1. The summed E-state index contributed by atoms with van der Waals surface area (Å²) in [4.78, 5) is 25.4. The molecule has 0 fully saturated rings. The van der Waals surface area contributed by atoms with E-state index in [1.54, 1.807) is 12.1 Å². The van der Waals surface area contributed by atoms with Gasteiger partial charge >= 0.3 is 0 Å². The summed E-state index contributed by atoms with van der Waals surface area (Å²) in [5.41, 5.74) is 7.10. The molecule has 6 heteroatoms. The number of amides is 1. The first-order valence-electron chi connectivity index (χ1n) is 6.01. The summed E-state index contributed by atoms with van der Waals surface area (Å²) in [5, 5.41) is 2.72. The Labute approximate surface area is 115 Å². The Bertz CT molecular complexity index is 659. The highest BCUT2D eigenvalue weighted by molar-refractivity contribution is 6.04. The van der Waals surface area contributed by atoms with Crippen molar-refractivity contribution in [3.05, 3.63) is 58.0 Å². The number of hydrogen-bond donors (Lipinski definition) is 3. The molecule has 20 heavy (non-hydrogen) atoms. The van der Waals surface area contributed by atoms with E-state index in [4.69, 9.17) is 10.5 Å². The van der Waals surface area contributed by atoms with E-state index in [1.807, 2.05) is 6.07 Å². The predicted octanol–water partition coefficient (Wildman–Crippen LogP) is 1.09. The van der Waals surface area contributed by atoms with Gasteiger partial charge in [-0.05, 0) is 23.8 Å². The van der Waals surface area contributed by atoms with Crippen LogP contribution >= 0.6 is 0 Å². The first-order chi connectivity index (χ1) is 9.63. The molecule has 0 aliphatic heterocycles. The van der Waals surface area contributed by atoms with Gasteiger partial charge in [-0.2, -0.15) is 0 Å². The standard InChI is InChI=1S/C14H15N3O3/c1-20-12-6-9(7-15)2-4-11(12)17-14(19)10-3-5-13(18)16-8-10/h2-6,8H,7,15H2,1H3,(H,16,18)(H,17,19). The van der Waals surface area contributed by atoms with Crippen LogP contribution in [0.1, 0.15) is 15.9 Å². The minimum atomic E-state index is -0.333. The quantitative estimate of drug-likeness (QED) is 0.776. The van der Waals surface area contributed by atoms with Crippen LogP contribution in [0.3, 0.4) is 0 Å². The molecule has 0 unspecified atom stereocenters. The van der Waals surface area contributed by atoms with Crippen LogP contribution in [0.5, 0.6) is 5.75 Å². The van der Waals surface area contributed by atoms with Gasteiger partial charge in [0.05, 0.1) is 18.4 Å². The van der Waals surface area contributed by atoms with Crippen molar-refractivity contribution in [2.24, 2.45) is 5.73 Å². The number of H-pyrrole nitrogens is 1. The lowest BCUT2D eigenvalue weighted by atomic mass is 10.2. The fraction of sp³-hybridized carbons (Fsp3) is 0.143. The van der Waals surface area contributed by atoms with Gasteiger partial charge in [-0.1, -0.05) is 6.07 Å². The average molecular weight is 273 g/mol. The van der Waals surface area contributed by atoms with Gasteiger partial charge in [0, 0.05) is 18.8 Å². The van der Waals surface area contributed by atoms with Crippen LogP contribution < -0.4 is 21.3 Å². The lowest BCUT2D eigenvalue weighted by molar-refractivity contribution is 0.102. The summed E-state index contributed by atoms with van der Waals surface area (Å²) in [6.45, 7) is 0.393. The average Bonchev–Trinajstić information content (AvgIpc) is 2.48. The monoisotopic (exact) mass is 273 g/mol. The molecule has 0 saturated carbocycles. The van der Waals surface area contributed by atoms with Gasteiger partial charge in [0.15, 0.2) is 0 Å². The molecule has 0 spiro atoms. The van der Waals surface area contributed by atoms with Crippen LogP contribution in [0.15, 0.2) is 41.3 Å². The number of aromatic amines is 1. The van der Waals surface area contributed by atoms with E-state index in [1.165, 1.54) is 25.4 Å². The van der Waals surface area contributed by atoms with Crippen LogP contribution in [-0.2, 0) is 6.54 Å². The van der Waals surface area contributed by atoms with Crippen LogP contribution in [-0.4, -0.2) is 18.0 Å². The number of rotatable bonds is 4. The van der Waals surface area contributed by atoms with Crippen LogP contribution in [0.25, 0.3) is 0 Å². The van der Waals surface area contributed by atoms with Crippen LogP contribution in [0, 0.1) is 0 Å². The molecular weight excluding hydrogens is 258 g/mol. The molecule has 1 aromatic carbocycles. The minimum Gasteiger partial charge on any atom is -0.495 e. The lowest BCUT2D eigenvalue weighted by Gasteiger charge is -2.11. The van der Waals surface area contributed by atoms with Gasteiger partial charge in [-0.3, -0.25) is 9.59 Å². The molecule has 4 N–H and O–H groups in total. The molecule has 1 amide bonds. The van der Waals surface area contributed by atoms with Gasteiger partial charge in [-0.15, -0.1) is 0 Å². The number of pyridine rings is 1. The first-order valence-corrected chi connectivity index (χ1v) is 6.01. The number of anilines is 1. The maximum absolute atomic E-state index is 12.0. The number of carbonyl (C=O) groups excluding carboxylic acids is 1. The molecular formula is C14H15N3O3. The van der Waals surface area contributed by atoms with Crippen molar-refractivity contribution in [3.63, 3.8) is 0 Å². The summed E-state index contributed by atoms with van der Waals surface area (Å²) >= 11 is 0. The third kappa shape index (κ3) is 3.04. The highest BCUT2D eigenvalue weighted by atomic mass is 16.5. The Morgan fingerprint density at radius 2 is 2.15 bits per heavy atom. The number of nitrogens with one attached hydrogen (secondary N) is 2. The second-order valence-electron chi connectivity index (χ2n) is 4.13. The third-order valence-electron chi connectivity index (χ3n) is 2.80. The molecule has 0 saturated heterocycles. The van der Waals surface area contributed by atoms with E-state index in [0.29, 0.717) is 23.5 Å². The third-order valence-corrected chi connectivity index (χ3v) is 2.80. The summed E-state index contributed by atoms with van der Waals surface area (Å²) in [5.74, 6) is 0.200. The van der Waals surface area contributed by atoms with Crippen LogP contribution in [0.4, 0.5) is 5.69 Å². The van der Waals surface area contributed by atoms with Crippen molar-refractivity contribution in [2.75, 3.05) is 12.4 Å². The van der Waals surface area contributed by atoms with Crippen molar-refractivity contribution >= 4 is 11.6 Å². The zero-order valence-corrected chi connectivity index (χ0v) is 11.0. The van der Waals surface area contributed by atoms with E-state index in [2.05, 4.69) is 10.3 Å². The molecule has 0 aliphatic rings. The largest absolute Gasteiger partial charge is 0.495 e. The van der Waals surface area contributed by atoms with Gasteiger partial charge in [0.2, 0.25) is 5.56 Å². The van der Waals surface area contributed by atoms with Gasteiger partial charge < -0.3 is 20.8 Å². The fourth-order valence-electron chi connectivity index (χ4n) is 1.71. The number of nitrogens with two attached hydrogens (primary N) is 1. The lowest BCUT2D eigenvalue weighted by Crippen LogP contribution is -2.15. The summed E-state index contributed by atoms with van der Waals surface area (Å²) in [6, 6.07) is 8.05. The molecule has 0 aliphatic carbocycles. The summed E-state index contributed by atoms with van der Waals surface area (Å²) in [7, 11) is 1.52. The molecule has 2 aromatic rings. The summed E-state index contributed by atoms with van der Waals surface area (Å²) < 4.78 is 5.22. The van der Waals surface area contributed by atoms with Crippen molar-refractivity contribution in [2.45, 2.75) is 6.54 Å². The Morgan fingerprint density at radius 3 is 2.75 bits per heavy atom. The molecule has 104 valence electrons. The topological polar surface area (TPSA) is 97.2 Å². The molecule has 0 bridgehead atoms. The molecule has 0 radical (unpaired) electrons. The number of aromatic nitrogens is 1. The first kappa shape index (κ1) is 13.8. The highest BCUT2D eigenvalue weighted by Gasteiger charge is 2.10. The van der Waals surface area contributed by atoms with Gasteiger partial charge in [0.25, 0.3) is 5.91 Å². The molecule has 6 nitrogen and oxygen atoms in total. The molecule has 0 atom stereocenters. The van der Waals surface area contributed by atoms with Crippen molar-refractivity contribution in [1.29, 1.82) is 0 Å². The zero-order chi connectivity index (χ0) is 14.5. The normalized spacial score (nSPS) is 10.1. The number of ether oxygens (including phenoxy) is 1. The second kappa shape index (κ2) is 6.03. The van der Waals surface area contributed by atoms with Gasteiger partial charge in [0.1, 0.15) is 5.75 Å². The zero-order valence-electron chi connectivity index (χ0n) is 11.0. The highest BCUT2D eigenvalue weighted by Crippen LogP contribution is 2.25. The number of benzene rings is 1. The number of hydrogen-bond acceptors (Lipinski definition) is 4. The van der Waals surface area contributed by atoms with E-state index in [9.17, 15) is 9.59 Å². The maximum Gasteiger partial charge on any atom is 0.257 e. The Morgan fingerprint density at radius 1 is 1.35 bits per heavy atom. The predicted molar refractivity (Wildman–Crippen MR) is 75.9 cm³/mol. The van der Waals surface area contributed by atoms with E-state index < -0.39 is 0 Å². The smallest absolute Gasteiger partial charge is 0.257 e. The Kier molecular flexibility index (Phi) is 4.17. The second-order valence-corrected chi connectivity index (χ2v) is 4.13. The maximum atomic E-state index is 12.0. The minimum absolute atomic E-state index is 0.258. The fourth-order valence-corrected chi connectivity index (χ4v) is 1.71.